The molecular weight excluding hydrogens is 535 g/mol. The van der Waals surface area contributed by atoms with E-state index in [1.165, 1.54) is 4.90 Å². The van der Waals surface area contributed by atoms with Gasteiger partial charge in [-0.25, -0.2) is 9.69 Å². The first kappa shape index (κ1) is 29.5. The lowest BCUT2D eigenvalue weighted by Gasteiger charge is -2.36. The number of nitrogens with one attached hydrogen (secondary N) is 1. The standard InChI is InChI=1S/C30H40Cl2N4O3/c1-21(2)19-22(3)33-30(38)36-27-20-24(11-9-23(27)10-12-28(36)37)39-18-5-4-13-34-14-16-35(17-15-34)26-8-6-7-25(31)29(26)32/h6-9,11,20-22H,4-5,10,12-19H2,1-3H3,(H,33,38). The van der Waals surface area contributed by atoms with Crippen LogP contribution in [0.2, 0.25) is 10.0 Å². The fraction of sp³-hybridized carbons (Fsp3) is 0.533. The van der Waals surface area contributed by atoms with E-state index in [1.54, 1.807) is 0 Å². The maximum atomic E-state index is 13.0. The first-order valence-corrected chi connectivity index (χ1v) is 14.8. The van der Waals surface area contributed by atoms with Crippen LogP contribution in [0.3, 0.4) is 0 Å². The molecule has 7 nitrogen and oxygen atoms in total. The molecule has 4 rings (SSSR count). The number of urea groups is 1. The number of hydrogen-bond donors (Lipinski definition) is 1. The summed E-state index contributed by atoms with van der Waals surface area (Å²) in [6.45, 7) is 11.6. The Morgan fingerprint density at radius 3 is 2.51 bits per heavy atom. The maximum absolute atomic E-state index is 13.0. The van der Waals surface area contributed by atoms with Gasteiger partial charge in [0.05, 0.1) is 28.0 Å². The number of anilines is 2. The first-order valence-electron chi connectivity index (χ1n) is 14.0. The number of hydrogen-bond acceptors (Lipinski definition) is 5. The van der Waals surface area contributed by atoms with Gasteiger partial charge in [0.2, 0.25) is 5.91 Å². The normalized spacial score (nSPS) is 16.8. The van der Waals surface area contributed by atoms with Gasteiger partial charge in [0.1, 0.15) is 5.75 Å². The quantitative estimate of drug-likeness (QED) is 0.333. The molecule has 39 heavy (non-hydrogen) atoms. The van der Waals surface area contributed by atoms with E-state index in [0.29, 0.717) is 46.8 Å². The van der Waals surface area contributed by atoms with Crippen molar-refractivity contribution in [2.75, 3.05) is 49.1 Å². The fourth-order valence-electron chi connectivity index (χ4n) is 5.38. The lowest BCUT2D eigenvalue weighted by atomic mass is 10.0. The largest absolute Gasteiger partial charge is 0.494 e. The third-order valence-corrected chi connectivity index (χ3v) is 8.14. The number of rotatable bonds is 10. The number of halogens is 2. The Balaban J connectivity index is 1.23. The van der Waals surface area contributed by atoms with Gasteiger partial charge in [-0.2, -0.15) is 0 Å². The van der Waals surface area contributed by atoms with E-state index in [0.717, 1.165) is 63.2 Å². The van der Waals surface area contributed by atoms with Crippen LogP contribution >= 0.6 is 23.2 Å². The first-order chi connectivity index (χ1) is 18.7. The van der Waals surface area contributed by atoms with Crippen molar-refractivity contribution in [3.63, 3.8) is 0 Å². The summed E-state index contributed by atoms with van der Waals surface area (Å²) in [7, 11) is 0. The van der Waals surface area contributed by atoms with Crippen molar-refractivity contribution in [3.8, 4) is 5.75 Å². The Hall–Kier alpha value is -2.48. The van der Waals surface area contributed by atoms with Crippen LogP contribution in [-0.2, 0) is 11.2 Å². The highest BCUT2D eigenvalue weighted by Gasteiger charge is 2.30. The summed E-state index contributed by atoms with van der Waals surface area (Å²) in [5, 5.41) is 4.20. The number of nitrogens with zero attached hydrogens (tertiary/aromatic N) is 3. The summed E-state index contributed by atoms with van der Waals surface area (Å²) in [6.07, 6.45) is 3.78. The Morgan fingerprint density at radius 1 is 1.00 bits per heavy atom. The van der Waals surface area contributed by atoms with Gasteiger partial charge in [0.25, 0.3) is 0 Å². The van der Waals surface area contributed by atoms with Gasteiger partial charge >= 0.3 is 6.03 Å². The van der Waals surface area contributed by atoms with Crippen LogP contribution < -0.4 is 19.9 Å². The molecule has 0 spiro atoms. The molecule has 2 aromatic carbocycles. The van der Waals surface area contributed by atoms with Crippen molar-refractivity contribution in [3.05, 3.63) is 52.0 Å². The van der Waals surface area contributed by atoms with E-state index in [9.17, 15) is 9.59 Å². The molecule has 0 aliphatic carbocycles. The third kappa shape index (κ3) is 7.80. The second kappa shape index (κ2) is 13.7. The van der Waals surface area contributed by atoms with Gasteiger partial charge in [0, 0.05) is 44.7 Å². The molecule has 0 aromatic heterocycles. The van der Waals surface area contributed by atoms with Crippen LogP contribution in [0.5, 0.6) is 5.75 Å². The predicted octanol–water partition coefficient (Wildman–Crippen LogP) is 6.40. The number of piperazine rings is 1. The van der Waals surface area contributed by atoms with Crippen molar-refractivity contribution in [1.82, 2.24) is 10.2 Å². The number of amides is 3. The molecule has 0 bridgehead atoms. The number of ether oxygens (including phenoxy) is 1. The average Bonchev–Trinajstić information content (AvgIpc) is 2.89. The number of unbranched alkanes of at least 4 members (excludes halogenated alkanes) is 1. The van der Waals surface area contributed by atoms with Crippen LogP contribution in [-0.4, -0.2) is 62.2 Å². The minimum absolute atomic E-state index is 0.00674. The second-order valence-corrected chi connectivity index (χ2v) is 11.7. The molecule has 2 aliphatic heterocycles. The van der Waals surface area contributed by atoms with Crippen LogP contribution in [0.4, 0.5) is 16.2 Å². The van der Waals surface area contributed by atoms with Crippen molar-refractivity contribution >= 4 is 46.5 Å². The zero-order valence-corrected chi connectivity index (χ0v) is 24.7. The maximum Gasteiger partial charge on any atom is 0.328 e. The summed E-state index contributed by atoms with van der Waals surface area (Å²) in [5.41, 5.74) is 2.63. The monoisotopic (exact) mass is 574 g/mol. The minimum atomic E-state index is -0.357. The van der Waals surface area contributed by atoms with E-state index >= 15 is 0 Å². The number of carbonyl (C=O) groups is 2. The molecule has 1 unspecified atom stereocenters. The Labute approximate surface area is 242 Å². The van der Waals surface area contributed by atoms with Crippen molar-refractivity contribution in [2.45, 2.75) is 58.9 Å². The summed E-state index contributed by atoms with van der Waals surface area (Å²) in [4.78, 5) is 31.7. The number of benzene rings is 2. The molecule has 3 amide bonds. The van der Waals surface area contributed by atoms with Crippen LogP contribution in [0.25, 0.3) is 0 Å². The Kier molecular flexibility index (Phi) is 10.4. The van der Waals surface area contributed by atoms with Gasteiger partial charge in [0.15, 0.2) is 0 Å². The van der Waals surface area contributed by atoms with E-state index in [4.69, 9.17) is 27.9 Å². The Morgan fingerprint density at radius 2 is 1.77 bits per heavy atom. The molecule has 212 valence electrons. The summed E-state index contributed by atoms with van der Waals surface area (Å²) in [5.74, 6) is 0.970. The van der Waals surface area contributed by atoms with E-state index in [-0.39, 0.29) is 18.0 Å². The lowest BCUT2D eigenvalue weighted by Crippen LogP contribution is -2.49. The number of carbonyl (C=O) groups excluding carboxylic acids is 2. The van der Waals surface area contributed by atoms with Gasteiger partial charge < -0.3 is 15.0 Å². The molecule has 2 heterocycles. The molecule has 1 fully saturated rings. The molecule has 1 saturated heterocycles. The SMILES string of the molecule is CC(C)CC(C)NC(=O)N1C(=O)CCc2ccc(OCCCCN3CCN(c4cccc(Cl)c4Cl)CC3)cc21. The highest BCUT2D eigenvalue weighted by molar-refractivity contribution is 6.43. The second-order valence-electron chi connectivity index (χ2n) is 11.0. The average molecular weight is 576 g/mol. The number of aryl methyl sites for hydroxylation is 1. The number of imide groups is 1. The van der Waals surface area contributed by atoms with E-state index < -0.39 is 0 Å². The van der Waals surface area contributed by atoms with Crippen molar-refractivity contribution in [2.24, 2.45) is 5.92 Å². The summed E-state index contributed by atoms with van der Waals surface area (Å²) < 4.78 is 6.03. The highest BCUT2D eigenvalue weighted by Crippen LogP contribution is 2.33. The van der Waals surface area contributed by atoms with Gasteiger partial charge in [-0.3, -0.25) is 9.69 Å². The lowest BCUT2D eigenvalue weighted by molar-refractivity contribution is -0.118. The zero-order valence-electron chi connectivity index (χ0n) is 23.2. The van der Waals surface area contributed by atoms with Crippen LogP contribution in [0.1, 0.15) is 52.0 Å². The molecular formula is C30H40Cl2N4O3. The van der Waals surface area contributed by atoms with Crippen LogP contribution in [0.15, 0.2) is 36.4 Å². The molecule has 2 aromatic rings. The van der Waals surface area contributed by atoms with Gasteiger partial charge in [-0.15, -0.1) is 0 Å². The molecule has 1 atom stereocenters. The summed E-state index contributed by atoms with van der Waals surface area (Å²) >= 11 is 12.6. The zero-order chi connectivity index (χ0) is 27.9. The minimum Gasteiger partial charge on any atom is -0.494 e. The molecule has 0 radical (unpaired) electrons. The van der Waals surface area contributed by atoms with Gasteiger partial charge in [-0.1, -0.05) is 49.2 Å². The fourth-order valence-corrected chi connectivity index (χ4v) is 5.80. The molecule has 1 N–H and O–H groups in total. The van der Waals surface area contributed by atoms with E-state index in [1.807, 2.05) is 43.3 Å². The topological polar surface area (TPSA) is 65.1 Å². The number of fused-ring (bicyclic) bond motifs is 1. The molecule has 0 saturated carbocycles. The van der Waals surface area contributed by atoms with E-state index in [2.05, 4.69) is 29.0 Å². The smallest absolute Gasteiger partial charge is 0.328 e. The summed E-state index contributed by atoms with van der Waals surface area (Å²) in [6, 6.07) is 11.2. The predicted molar refractivity (Wildman–Crippen MR) is 160 cm³/mol. The van der Waals surface area contributed by atoms with Crippen molar-refractivity contribution in [1.29, 1.82) is 0 Å². The molecule has 2 aliphatic rings. The van der Waals surface area contributed by atoms with Crippen molar-refractivity contribution < 1.29 is 14.3 Å². The highest BCUT2D eigenvalue weighted by atomic mass is 35.5. The van der Waals surface area contributed by atoms with Crippen LogP contribution in [0, 0.1) is 5.92 Å². The Bertz CT molecular complexity index is 1150. The molecule has 9 heteroatoms. The third-order valence-electron chi connectivity index (χ3n) is 7.33. The van der Waals surface area contributed by atoms with Gasteiger partial charge in [-0.05, 0) is 68.8 Å².